The molecular formula is C42H41N7O4. The SMILES string of the molecule is Cc1ccc(-c2cc(C(=O)N3CC[C@@H](C(=O)N4CCC(O)(Cn5cnc6c(ccn6-c6ccccc6)c5=O)CC4)[C@H](c4ccccc4)C3)ccn2)cn1. The van der Waals surface area contributed by atoms with E-state index in [9.17, 15) is 19.5 Å². The van der Waals surface area contributed by atoms with E-state index < -0.39 is 5.60 Å². The van der Waals surface area contributed by atoms with Crippen molar-refractivity contribution in [3.05, 3.63) is 143 Å². The monoisotopic (exact) mass is 707 g/mol. The Morgan fingerprint density at radius 1 is 0.868 bits per heavy atom. The third-order valence-electron chi connectivity index (χ3n) is 10.8. The first kappa shape index (κ1) is 34.2. The van der Waals surface area contributed by atoms with Gasteiger partial charge in [-0.05, 0) is 74.2 Å². The molecule has 2 aromatic carbocycles. The predicted molar refractivity (Wildman–Crippen MR) is 201 cm³/mol. The molecule has 2 aliphatic heterocycles. The second kappa shape index (κ2) is 14.2. The predicted octanol–water partition coefficient (Wildman–Crippen LogP) is 5.25. The Hall–Kier alpha value is -5.94. The number of pyridine rings is 2. The Kier molecular flexibility index (Phi) is 9.17. The van der Waals surface area contributed by atoms with E-state index in [0.29, 0.717) is 67.7 Å². The molecule has 11 nitrogen and oxygen atoms in total. The second-order valence-corrected chi connectivity index (χ2v) is 14.3. The highest BCUT2D eigenvalue weighted by Gasteiger charge is 2.42. The highest BCUT2D eigenvalue weighted by molar-refractivity contribution is 5.95. The fraction of sp³-hybridized carbons (Fsp3) is 0.286. The van der Waals surface area contributed by atoms with Crippen molar-refractivity contribution in [2.45, 2.75) is 44.2 Å². The highest BCUT2D eigenvalue weighted by atomic mass is 16.3. The quantitative estimate of drug-likeness (QED) is 0.240. The summed E-state index contributed by atoms with van der Waals surface area (Å²) in [5, 5.41) is 12.2. The first-order valence-electron chi connectivity index (χ1n) is 18.1. The average molecular weight is 708 g/mol. The fourth-order valence-electron chi connectivity index (χ4n) is 7.81. The molecule has 53 heavy (non-hydrogen) atoms. The number of carbonyl (C=O) groups excluding carboxylic acids is 2. The van der Waals surface area contributed by atoms with Gasteiger partial charge in [0.1, 0.15) is 6.33 Å². The van der Waals surface area contributed by atoms with Crippen LogP contribution in [-0.2, 0) is 11.3 Å². The maximum absolute atomic E-state index is 14.3. The lowest BCUT2D eigenvalue weighted by Gasteiger charge is -2.43. The van der Waals surface area contributed by atoms with Crippen molar-refractivity contribution in [1.82, 2.24) is 33.9 Å². The summed E-state index contributed by atoms with van der Waals surface area (Å²) in [6.45, 7) is 3.62. The van der Waals surface area contributed by atoms with Crippen LogP contribution in [0.4, 0.5) is 0 Å². The minimum atomic E-state index is -1.16. The van der Waals surface area contributed by atoms with Crippen LogP contribution < -0.4 is 5.56 Å². The summed E-state index contributed by atoms with van der Waals surface area (Å²) in [6.07, 6.45) is 7.95. The summed E-state index contributed by atoms with van der Waals surface area (Å²) in [6, 6.07) is 28.8. The number of fused-ring (bicyclic) bond motifs is 1. The second-order valence-electron chi connectivity index (χ2n) is 14.3. The van der Waals surface area contributed by atoms with Crippen LogP contribution in [0.25, 0.3) is 28.0 Å². The van der Waals surface area contributed by atoms with Gasteiger partial charge in [0.2, 0.25) is 5.91 Å². The molecule has 2 amide bonds. The number of hydrogen-bond acceptors (Lipinski definition) is 7. The van der Waals surface area contributed by atoms with Crippen LogP contribution >= 0.6 is 0 Å². The Morgan fingerprint density at radius 2 is 1.62 bits per heavy atom. The van der Waals surface area contributed by atoms with Crippen LogP contribution in [0.2, 0.25) is 0 Å². The molecule has 268 valence electrons. The zero-order chi connectivity index (χ0) is 36.5. The molecule has 1 N–H and O–H groups in total. The molecular weight excluding hydrogens is 667 g/mol. The first-order chi connectivity index (χ1) is 25.8. The summed E-state index contributed by atoms with van der Waals surface area (Å²) in [4.78, 5) is 58.8. The summed E-state index contributed by atoms with van der Waals surface area (Å²) >= 11 is 0. The van der Waals surface area contributed by atoms with Gasteiger partial charge in [-0.1, -0.05) is 48.5 Å². The third kappa shape index (κ3) is 6.87. The van der Waals surface area contributed by atoms with E-state index in [1.165, 1.54) is 10.9 Å². The summed E-state index contributed by atoms with van der Waals surface area (Å²) in [7, 11) is 0. The Bertz CT molecular complexity index is 2310. The number of benzene rings is 2. The Balaban J connectivity index is 0.952. The third-order valence-corrected chi connectivity index (χ3v) is 10.8. The number of para-hydroxylation sites is 1. The highest BCUT2D eigenvalue weighted by Crippen LogP contribution is 2.36. The van der Waals surface area contributed by atoms with Gasteiger partial charge < -0.3 is 19.5 Å². The van der Waals surface area contributed by atoms with E-state index in [4.69, 9.17) is 0 Å². The van der Waals surface area contributed by atoms with Crippen LogP contribution in [-0.4, -0.2) is 82.6 Å². The number of aliphatic hydroxyl groups is 1. The zero-order valence-corrected chi connectivity index (χ0v) is 29.6. The van der Waals surface area contributed by atoms with Crippen molar-refractivity contribution in [2.75, 3.05) is 26.2 Å². The van der Waals surface area contributed by atoms with Crippen molar-refractivity contribution in [3.8, 4) is 16.9 Å². The lowest BCUT2D eigenvalue weighted by atomic mass is 9.79. The normalized spacial score (nSPS) is 18.6. The van der Waals surface area contributed by atoms with E-state index in [-0.39, 0.29) is 35.8 Å². The summed E-state index contributed by atoms with van der Waals surface area (Å²) in [5.41, 5.74) is 4.10. The molecule has 0 radical (unpaired) electrons. The molecule has 6 heterocycles. The molecule has 11 heteroatoms. The van der Waals surface area contributed by atoms with Crippen molar-refractivity contribution < 1.29 is 14.7 Å². The van der Waals surface area contributed by atoms with Crippen LogP contribution in [0.1, 0.15) is 46.8 Å². The van der Waals surface area contributed by atoms with Crippen molar-refractivity contribution >= 4 is 22.8 Å². The number of nitrogens with zero attached hydrogens (tertiary/aromatic N) is 7. The number of rotatable bonds is 7. The molecule has 0 aliphatic carbocycles. The van der Waals surface area contributed by atoms with Crippen LogP contribution in [0.15, 0.2) is 121 Å². The van der Waals surface area contributed by atoms with Crippen LogP contribution in [0.5, 0.6) is 0 Å². The smallest absolute Gasteiger partial charge is 0.262 e. The number of amides is 2. The van der Waals surface area contributed by atoms with Gasteiger partial charge in [0.05, 0.1) is 23.2 Å². The number of aryl methyl sites for hydroxylation is 1. The number of aromatic nitrogens is 5. The number of piperidine rings is 2. The molecule has 8 rings (SSSR count). The average Bonchev–Trinajstić information content (AvgIpc) is 3.64. The van der Waals surface area contributed by atoms with Gasteiger partial charge in [0, 0.05) is 79.1 Å². The van der Waals surface area contributed by atoms with Gasteiger partial charge >= 0.3 is 0 Å². The molecule has 4 aromatic heterocycles. The van der Waals surface area contributed by atoms with E-state index in [0.717, 1.165) is 22.5 Å². The van der Waals surface area contributed by atoms with Gasteiger partial charge in [-0.25, -0.2) is 4.98 Å². The van der Waals surface area contributed by atoms with Gasteiger partial charge in [-0.3, -0.25) is 28.9 Å². The van der Waals surface area contributed by atoms with Gasteiger partial charge in [-0.15, -0.1) is 0 Å². The molecule has 0 bridgehead atoms. The van der Waals surface area contributed by atoms with E-state index in [1.54, 1.807) is 30.6 Å². The number of likely N-dealkylation sites (tertiary alicyclic amines) is 2. The number of carbonyl (C=O) groups is 2. The maximum Gasteiger partial charge on any atom is 0.262 e. The lowest BCUT2D eigenvalue weighted by Crippen LogP contribution is -2.53. The van der Waals surface area contributed by atoms with Gasteiger partial charge in [0.25, 0.3) is 11.5 Å². The Labute approximate surface area is 307 Å². The van der Waals surface area contributed by atoms with Crippen molar-refractivity contribution in [2.24, 2.45) is 5.92 Å². The largest absolute Gasteiger partial charge is 0.388 e. The molecule has 2 aliphatic rings. The maximum atomic E-state index is 14.3. The fourth-order valence-corrected chi connectivity index (χ4v) is 7.81. The molecule has 2 atom stereocenters. The summed E-state index contributed by atoms with van der Waals surface area (Å²) < 4.78 is 3.36. The van der Waals surface area contributed by atoms with Gasteiger partial charge in [0.15, 0.2) is 5.65 Å². The minimum Gasteiger partial charge on any atom is -0.388 e. The first-order valence-corrected chi connectivity index (χ1v) is 18.1. The van der Waals surface area contributed by atoms with Gasteiger partial charge in [-0.2, -0.15) is 0 Å². The van der Waals surface area contributed by atoms with Crippen molar-refractivity contribution in [3.63, 3.8) is 0 Å². The lowest BCUT2D eigenvalue weighted by molar-refractivity contribution is -0.142. The van der Waals surface area contributed by atoms with Crippen molar-refractivity contribution in [1.29, 1.82) is 0 Å². The van der Waals surface area contributed by atoms with E-state index in [1.807, 2.05) is 100 Å². The minimum absolute atomic E-state index is 0.0357. The standard InChI is InChI=1S/C42H41N7O4/c1-29-12-13-32(25-44-29)37-24-31(14-19-43-37)39(50)47-20-15-34(36(26-47)30-8-4-2-5-9-30)40(51)46-22-17-42(53,18-23-46)27-48-28-45-38-35(41(48)52)16-21-49(38)33-10-6-3-7-11-33/h2-14,16,19,21,24-25,28,34,36,53H,15,17-18,20,22-23,26-27H2,1H3/t34-,36+/m1/s1. The van der Waals surface area contributed by atoms with E-state index in [2.05, 4.69) is 15.0 Å². The molecule has 6 aromatic rings. The molecule has 0 unspecified atom stereocenters. The zero-order valence-electron chi connectivity index (χ0n) is 29.6. The van der Waals surface area contributed by atoms with E-state index >= 15 is 0 Å². The molecule has 2 saturated heterocycles. The Morgan fingerprint density at radius 3 is 2.36 bits per heavy atom. The molecule has 0 spiro atoms. The summed E-state index contributed by atoms with van der Waals surface area (Å²) in [5.74, 6) is -0.566. The van der Waals surface area contributed by atoms with Crippen LogP contribution in [0.3, 0.4) is 0 Å². The van der Waals surface area contributed by atoms with Crippen LogP contribution in [0, 0.1) is 12.8 Å². The number of hydrogen-bond donors (Lipinski definition) is 1. The molecule has 0 saturated carbocycles. The topological polar surface area (TPSA) is 126 Å². The molecule has 2 fully saturated rings.